The van der Waals surface area contributed by atoms with E-state index in [0.29, 0.717) is 4.88 Å². The van der Waals surface area contributed by atoms with Gasteiger partial charge in [-0.15, -0.1) is 11.3 Å². The molecule has 18 heavy (non-hydrogen) atoms. The van der Waals surface area contributed by atoms with Crippen LogP contribution in [0.5, 0.6) is 0 Å². The number of hydrogen-bond acceptors (Lipinski definition) is 4. The van der Waals surface area contributed by atoms with Crippen molar-refractivity contribution >= 4 is 17.2 Å². The Morgan fingerprint density at radius 2 is 2.50 bits per heavy atom. The molecule has 1 amide bonds. The Kier molecular flexibility index (Phi) is 4.72. The number of aromatic nitrogens is 1. The molecule has 0 saturated carbocycles. The van der Waals surface area contributed by atoms with Crippen LogP contribution in [0.25, 0.3) is 0 Å². The minimum atomic E-state index is 0.00524. The first-order chi connectivity index (χ1) is 8.65. The normalized spacial score (nSPS) is 20.9. The van der Waals surface area contributed by atoms with E-state index in [1.165, 1.54) is 30.7 Å². The van der Waals surface area contributed by atoms with Crippen molar-refractivity contribution in [1.82, 2.24) is 15.2 Å². The number of carbonyl (C=O) groups is 1. The molecule has 5 heteroatoms. The van der Waals surface area contributed by atoms with Gasteiger partial charge in [-0.3, -0.25) is 4.79 Å². The lowest BCUT2D eigenvalue weighted by Gasteiger charge is -2.30. The standard InChI is InChI=1S/C13H21N3OS/c1-10-4-3-6-16(9-10)7-5-14-13(17)12-8-15-11(2)18-12/h8,10H,3-7,9H2,1-2H3,(H,14,17)/t10-/m0/s1. The smallest absolute Gasteiger partial charge is 0.263 e. The molecule has 0 unspecified atom stereocenters. The molecule has 0 radical (unpaired) electrons. The number of thiazole rings is 1. The van der Waals surface area contributed by atoms with Gasteiger partial charge in [0.25, 0.3) is 5.91 Å². The van der Waals surface area contributed by atoms with E-state index in [2.05, 4.69) is 22.1 Å². The number of likely N-dealkylation sites (tertiary alicyclic amines) is 1. The van der Waals surface area contributed by atoms with E-state index in [9.17, 15) is 4.79 Å². The monoisotopic (exact) mass is 267 g/mol. The largest absolute Gasteiger partial charge is 0.350 e. The van der Waals surface area contributed by atoms with Crippen molar-refractivity contribution in [1.29, 1.82) is 0 Å². The average molecular weight is 267 g/mol. The zero-order chi connectivity index (χ0) is 13.0. The molecule has 0 spiro atoms. The molecule has 1 N–H and O–H groups in total. The number of hydrogen-bond donors (Lipinski definition) is 1. The third-order valence-electron chi connectivity index (χ3n) is 3.30. The summed E-state index contributed by atoms with van der Waals surface area (Å²) < 4.78 is 0. The van der Waals surface area contributed by atoms with E-state index in [1.54, 1.807) is 6.20 Å². The second-order valence-corrected chi connectivity index (χ2v) is 6.28. The summed E-state index contributed by atoms with van der Waals surface area (Å²) in [6.45, 7) is 8.22. The van der Waals surface area contributed by atoms with Crippen molar-refractivity contribution in [3.8, 4) is 0 Å². The SMILES string of the molecule is Cc1ncc(C(=O)NCCN2CCC[C@H](C)C2)s1. The predicted molar refractivity (Wildman–Crippen MR) is 74.0 cm³/mol. The summed E-state index contributed by atoms with van der Waals surface area (Å²) in [5.41, 5.74) is 0. The van der Waals surface area contributed by atoms with Crippen molar-refractivity contribution in [2.24, 2.45) is 5.92 Å². The fourth-order valence-corrected chi connectivity index (χ4v) is 3.06. The topological polar surface area (TPSA) is 45.2 Å². The van der Waals surface area contributed by atoms with Gasteiger partial charge in [0.1, 0.15) is 4.88 Å². The van der Waals surface area contributed by atoms with Gasteiger partial charge in [0.05, 0.1) is 11.2 Å². The zero-order valence-corrected chi connectivity index (χ0v) is 11.9. The Morgan fingerprint density at radius 3 is 3.17 bits per heavy atom. The van der Waals surface area contributed by atoms with Crippen LogP contribution in [0.4, 0.5) is 0 Å². The summed E-state index contributed by atoms with van der Waals surface area (Å²) in [5, 5.41) is 3.90. The van der Waals surface area contributed by atoms with Crippen molar-refractivity contribution in [2.75, 3.05) is 26.2 Å². The highest BCUT2D eigenvalue weighted by atomic mass is 32.1. The van der Waals surface area contributed by atoms with Crippen LogP contribution in [0.1, 0.15) is 34.4 Å². The maximum absolute atomic E-state index is 11.8. The lowest BCUT2D eigenvalue weighted by molar-refractivity contribution is 0.0947. The molecule has 0 aliphatic carbocycles. The van der Waals surface area contributed by atoms with Gasteiger partial charge in [0.15, 0.2) is 0 Å². The third kappa shape index (κ3) is 3.78. The first-order valence-corrected chi connectivity index (χ1v) is 7.40. The first kappa shape index (κ1) is 13.5. The van der Waals surface area contributed by atoms with Crippen LogP contribution in [0.2, 0.25) is 0 Å². The maximum Gasteiger partial charge on any atom is 0.263 e. The molecule has 1 aromatic heterocycles. The summed E-state index contributed by atoms with van der Waals surface area (Å²) in [6.07, 6.45) is 4.27. The summed E-state index contributed by atoms with van der Waals surface area (Å²) in [7, 11) is 0. The zero-order valence-electron chi connectivity index (χ0n) is 11.1. The third-order valence-corrected chi connectivity index (χ3v) is 4.21. The number of rotatable bonds is 4. The summed E-state index contributed by atoms with van der Waals surface area (Å²) in [5.74, 6) is 0.796. The minimum Gasteiger partial charge on any atom is -0.350 e. The molecule has 1 aliphatic heterocycles. The minimum absolute atomic E-state index is 0.00524. The van der Waals surface area contributed by atoms with Crippen LogP contribution >= 0.6 is 11.3 Å². The van der Waals surface area contributed by atoms with Gasteiger partial charge in [-0.1, -0.05) is 6.92 Å². The van der Waals surface area contributed by atoms with Gasteiger partial charge in [-0.05, 0) is 32.2 Å². The van der Waals surface area contributed by atoms with E-state index in [-0.39, 0.29) is 5.91 Å². The van der Waals surface area contributed by atoms with Gasteiger partial charge in [0, 0.05) is 19.6 Å². The maximum atomic E-state index is 11.8. The number of piperidine rings is 1. The van der Waals surface area contributed by atoms with E-state index >= 15 is 0 Å². The molecule has 2 rings (SSSR count). The molecule has 1 fully saturated rings. The number of carbonyl (C=O) groups excluding carboxylic acids is 1. The fourth-order valence-electron chi connectivity index (χ4n) is 2.37. The predicted octanol–water partition coefficient (Wildman–Crippen LogP) is 1.91. The van der Waals surface area contributed by atoms with Crippen LogP contribution in [0, 0.1) is 12.8 Å². The Bertz CT molecular complexity index is 405. The molecule has 0 bridgehead atoms. The van der Waals surface area contributed by atoms with Crippen molar-refractivity contribution < 1.29 is 4.79 Å². The van der Waals surface area contributed by atoms with Crippen molar-refractivity contribution in [2.45, 2.75) is 26.7 Å². The molecule has 1 aromatic rings. The highest BCUT2D eigenvalue weighted by molar-refractivity contribution is 7.13. The van der Waals surface area contributed by atoms with Crippen molar-refractivity contribution in [3.63, 3.8) is 0 Å². The molecule has 100 valence electrons. The lowest BCUT2D eigenvalue weighted by Crippen LogP contribution is -2.40. The van der Waals surface area contributed by atoms with Crippen LogP contribution in [-0.2, 0) is 0 Å². The number of amides is 1. The highest BCUT2D eigenvalue weighted by Gasteiger charge is 2.16. The van der Waals surface area contributed by atoms with E-state index in [4.69, 9.17) is 0 Å². The fraction of sp³-hybridized carbons (Fsp3) is 0.692. The van der Waals surface area contributed by atoms with Gasteiger partial charge in [0.2, 0.25) is 0 Å². The number of aryl methyl sites for hydroxylation is 1. The summed E-state index contributed by atoms with van der Waals surface area (Å²) in [4.78, 5) is 19.0. The molecule has 4 nitrogen and oxygen atoms in total. The van der Waals surface area contributed by atoms with Crippen LogP contribution < -0.4 is 5.32 Å². The van der Waals surface area contributed by atoms with Crippen LogP contribution in [0.15, 0.2) is 6.20 Å². The van der Waals surface area contributed by atoms with E-state index in [1.807, 2.05) is 6.92 Å². The second kappa shape index (κ2) is 6.29. The molecule has 1 saturated heterocycles. The first-order valence-electron chi connectivity index (χ1n) is 6.58. The highest BCUT2D eigenvalue weighted by Crippen LogP contribution is 2.14. The van der Waals surface area contributed by atoms with E-state index in [0.717, 1.165) is 30.6 Å². The molecule has 1 aliphatic rings. The molecule has 1 atom stereocenters. The Morgan fingerprint density at radius 1 is 1.67 bits per heavy atom. The second-order valence-electron chi connectivity index (χ2n) is 5.05. The van der Waals surface area contributed by atoms with Crippen LogP contribution in [-0.4, -0.2) is 42.0 Å². The molecule has 0 aromatic carbocycles. The summed E-state index contributed by atoms with van der Waals surface area (Å²) in [6, 6.07) is 0. The Hall–Kier alpha value is -0.940. The van der Waals surface area contributed by atoms with Crippen LogP contribution in [0.3, 0.4) is 0 Å². The quantitative estimate of drug-likeness (QED) is 0.906. The number of nitrogens with one attached hydrogen (secondary N) is 1. The van der Waals surface area contributed by atoms with Gasteiger partial charge < -0.3 is 10.2 Å². The lowest BCUT2D eigenvalue weighted by atomic mass is 10.0. The number of nitrogens with zero attached hydrogens (tertiary/aromatic N) is 2. The van der Waals surface area contributed by atoms with Gasteiger partial charge >= 0.3 is 0 Å². The Labute approximate surface area is 112 Å². The molecular formula is C13H21N3OS. The Balaban J connectivity index is 1.70. The molecule has 2 heterocycles. The van der Waals surface area contributed by atoms with Crippen molar-refractivity contribution in [3.05, 3.63) is 16.1 Å². The van der Waals surface area contributed by atoms with Gasteiger partial charge in [-0.2, -0.15) is 0 Å². The molecular weight excluding hydrogens is 246 g/mol. The van der Waals surface area contributed by atoms with Gasteiger partial charge in [-0.25, -0.2) is 4.98 Å². The van der Waals surface area contributed by atoms with E-state index < -0.39 is 0 Å². The average Bonchev–Trinajstić information content (AvgIpc) is 2.76. The summed E-state index contributed by atoms with van der Waals surface area (Å²) >= 11 is 1.45.